The third kappa shape index (κ3) is 1.73. The molecule has 0 aliphatic heterocycles. The van der Waals surface area contributed by atoms with Gasteiger partial charge in [0, 0.05) is 18.5 Å². The van der Waals surface area contributed by atoms with E-state index >= 15 is 0 Å². The SMILES string of the molecule is O=S(=O)(c1cccc(O)c1)n1cccc1. The van der Waals surface area contributed by atoms with Crippen LogP contribution in [0.4, 0.5) is 0 Å². The van der Waals surface area contributed by atoms with Gasteiger partial charge in [0.1, 0.15) is 5.75 Å². The number of phenols is 1. The number of aromatic hydroxyl groups is 1. The number of phenolic OH excluding ortho intramolecular Hbond substituents is 1. The predicted molar refractivity (Wildman–Crippen MR) is 55.1 cm³/mol. The van der Waals surface area contributed by atoms with Crippen molar-refractivity contribution in [3.05, 3.63) is 48.8 Å². The summed E-state index contributed by atoms with van der Waals surface area (Å²) in [4.78, 5) is 0.0682. The smallest absolute Gasteiger partial charge is 0.267 e. The zero-order chi connectivity index (χ0) is 10.9. The zero-order valence-electron chi connectivity index (χ0n) is 7.74. The number of hydrogen-bond donors (Lipinski definition) is 1. The lowest BCUT2D eigenvalue weighted by atomic mass is 10.3. The van der Waals surface area contributed by atoms with Crippen LogP contribution in [0.15, 0.2) is 53.7 Å². The first-order valence-electron chi connectivity index (χ1n) is 4.28. The summed E-state index contributed by atoms with van der Waals surface area (Å²) in [6.07, 6.45) is 2.89. The third-order valence-electron chi connectivity index (χ3n) is 1.97. The summed E-state index contributed by atoms with van der Waals surface area (Å²) < 4.78 is 24.9. The summed E-state index contributed by atoms with van der Waals surface area (Å²) in [6.45, 7) is 0. The first-order valence-corrected chi connectivity index (χ1v) is 5.72. The second kappa shape index (κ2) is 3.43. The van der Waals surface area contributed by atoms with E-state index in [2.05, 4.69) is 0 Å². The van der Waals surface area contributed by atoms with Gasteiger partial charge in [-0.1, -0.05) is 6.07 Å². The van der Waals surface area contributed by atoms with Crippen LogP contribution in [0, 0.1) is 0 Å². The highest BCUT2D eigenvalue weighted by atomic mass is 32.2. The Morgan fingerprint density at radius 2 is 1.73 bits per heavy atom. The molecule has 0 radical (unpaired) electrons. The number of rotatable bonds is 2. The standard InChI is InChI=1S/C10H9NO3S/c12-9-4-3-5-10(8-9)15(13,14)11-6-1-2-7-11/h1-8,12H. The fourth-order valence-electron chi connectivity index (χ4n) is 1.24. The second-order valence-corrected chi connectivity index (χ2v) is 4.86. The molecule has 0 bridgehead atoms. The Kier molecular flexibility index (Phi) is 2.24. The van der Waals surface area contributed by atoms with Crippen molar-refractivity contribution in [2.24, 2.45) is 0 Å². The Morgan fingerprint density at radius 3 is 2.33 bits per heavy atom. The maximum absolute atomic E-state index is 11.9. The predicted octanol–water partition coefficient (Wildman–Crippen LogP) is 1.43. The van der Waals surface area contributed by atoms with Gasteiger partial charge >= 0.3 is 0 Å². The first-order chi connectivity index (χ1) is 7.10. The highest BCUT2D eigenvalue weighted by Crippen LogP contribution is 2.18. The first kappa shape index (κ1) is 9.79. The molecule has 0 atom stereocenters. The fourth-order valence-corrected chi connectivity index (χ4v) is 2.47. The summed E-state index contributed by atoms with van der Waals surface area (Å²) in [5.41, 5.74) is 0. The summed E-state index contributed by atoms with van der Waals surface area (Å²) in [6, 6.07) is 8.82. The van der Waals surface area contributed by atoms with Gasteiger partial charge in [0.05, 0.1) is 4.90 Å². The Labute approximate surface area is 87.5 Å². The number of aromatic nitrogens is 1. The Hall–Kier alpha value is -1.75. The lowest BCUT2D eigenvalue weighted by Gasteiger charge is -2.05. The van der Waals surface area contributed by atoms with Crippen molar-refractivity contribution in [1.29, 1.82) is 0 Å². The molecular weight excluding hydrogens is 214 g/mol. The molecule has 0 aliphatic rings. The lowest BCUT2D eigenvalue weighted by molar-refractivity contribution is 0.473. The van der Waals surface area contributed by atoms with Crippen LogP contribution in [0.5, 0.6) is 5.75 Å². The van der Waals surface area contributed by atoms with E-state index in [1.54, 1.807) is 12.1 Å². The highest BCUT2D eigenvalue weighted by molar-refractivity contribution is 7.90. The average molecular weight is 223 g/mol. The van der Waals surface area contributed by atoms with Gasteiger partial charge in [0.25, 0.3) is 10.0 Å². The molecule has 0 unspecified atom stereocenters. The lowest BCUT2D eigenvalue weighted by Crippen LogP contribution is -2.10. The topological polar surface area (TPSA) is 59.3 Å². The quantitative estimate of drug-likeness (QED) is 0.837. The minimum absolute atomic E-state index is 0.0665. The molecular formula is C10H9NO3S. The second-order valence-electron chi connectivity index (χ2n) is 3.02. The molecule has 2 rings (SSSR count). The maximum Gasteiger partial charge on any atom is 0.267 e. The molecule has 1 aromatic carbocycles. The van der Waals surface area contributed by atoms with Gasteiger partial charge in [-0.05, 0) is 24.3 Å². The molecule has 2 aromatic rings. The highest BCUT2D eigenvalue weighted by Gasteiger charge is 2.15. The Bertz CT molecular complexity index is 558. The zero-order valence-corrected chi connectivity index (χ0v) is 8.55. The maximum atomic E-state index is 11.9. The van der Waals surface area contributed by atoms with Gasteiger partial charge in [-0.3, -0.25) is 0 Å². The summed E-state index contributed by atoms with van der Waals surface area (Å²) in [5.74, 6) is -0.0665. The van der Waals surface area contributed by atoms with Crippen LogP contribution in [-0.2, 0) is 10.0 Å². The van der Waals surface area contributed by atoms with E-state index in [1.807, 2.05) is 0 Å². The van der Waals surface area contributed by atoms with E-state index in [0.717, 1.165) is 3.97 Å². The van der Waals surface area contributed by atoms with Crippen molar-refractivity contribution in [2.45, 2.75) is 4.90 Å². The molecule has 0 saturated heterocycles. The van der Waals surface area contributed by atoms with Gasteiger partial charge in [-0.15, -0.1) is 0 Å². The summed E-state index contributed by atoms with van der Waals surface area (Å²) >= 11 is 0. The van der Waals surface area contributed by atoms with Gasteiger partial charge in [0.2, 0.25) is 0 Å². The molecule has 4 nitrogen and oxygen atoms in total. The molecule has 15 heavy (non-hydrogen) atoms. The minimum Gasteiger partial charge on any atom is -0.508 e. The largest absolute Gasteiger partial charge is 0.508 e. The van der Waals surface area contributed by atoms with Gasteiger partial charge in [0.15, 0.2) is 0 Å². The monoisotopic (exact) mass is 223 g/mol. The van der Waals surface area contributed by atoms with Crippen molar-refractivity contribution in [2.75, 3.05) is 0 Å². The normalized spacial score (nSPS) is 11.5. The van der Waals surface area contributed by atoms with Crippen LogP contribution in [0.2, 0.25) is 0 Å². The van der Waals surface area contributed by atoms with E-state index in [-0.39, 0.29) is 10.6 Å². The van der Waals surface area contributed by atoms with Gasteiger partial charge in [-0.25, -0.2) is 12.4 Å². The Morgan fingerprint density at radius 1 is 1.07 bits per heavy atom. The van der Waals surface area contributed by atoms with Crippen LogP contribution in [-0.4, -0.2) is 17.5 Å². The van der Waals surface area contributed by atoms with E-state index in [4.69, 9.17) is 0 Å². The third-order valence-corrected chi connectivity index (χ3v) is 3.62. The number of nitrogens with zero attached hydrogens (tertiary/aromatic N) is 1. The van der Waals surface area contributed by atoms with Crippen LogP contribution >= 0.6 is 0 Å². The molecule has 78 valence electrons. The molecule has 0 fully saturated rings. The van der Waals surface area contributed by atoms with Crippen molar-refractivity contribution >= 4 is 10.0 Å². The minimum atomic E-state index is -3.56. The molecule has 0 amide bonds. The van der Waals surface area contributed by atoms with Crippen LogP contribution in [0.1, 0.15) is 0 Å². The van der Waals surface area contributed by atoms with E-state index in [9.17, 15) is 13.5 Å². The van der Waals surface area contributed by atoms with E-state index in [1.165, 1.54) is 36.7 Å². The van der Waals surface area contributed by atoms with Crippen molar-refractivity contribution < 1.29 is 13.5 Å². The Balaban J connectivity index is 2.57. The molecule has 0 saturated carbocycles. The van der Waals surface area contributed by atoms with Crippen molar-refractivity contribution in [3.63, 3.8) is 0 Å². The van der Waals surface area contributed by atoms with E-state index < -0.39 is 10.0 Å². The molecule has 0 spiro atoms. The molecule has 5 heteroatoms. The van der Waals surface area contributed by atoms with Gasteiger partial charge < -0.3 is 5.11 Å². The summed E-state index contributed by atoms with van der Waals surface area (Å²) in [5, 5.41) is 9.20. The number of hydrogen-bond acceptors (Lipinski definition) is 3. The van der Waals surface area contributed by atoms with Crippen LogP contribution in [0.25, 0.3) is 0 Å². The molecule has 1 heterocycles. The molecule has 1 aromatic heterocycles. The van der Waals surface area contributed by atoms with Crippen LogP contribution < -0.4 is 0 Å². The average Bonchev–Trinajstić information content (AvgIpc) is 2.71. The summed E-state index contributed by atoms with van der Waals surface area (Å²) in [7, 11) is -3.56. The molecule has 1 N–H and O–H groups in total. The van der Waals surface area contributed by atoms with Crippen LogP contribution in [0.3, 0.4) is 0 Å². The van der Waals surface area contributed by atoms with Gasteiger partial charge in [-0.2, -0.15) is 0 Å². The van der Waals surface area contributed by atoms with Crippen molar-refractivity contribution in [1.82, 2.24) is 3.97 Å². The van der Waals surface area contributed by atoms with E-state index in [0.29, 0.717) is 0 Å². The number of benzene rings is 1. The fraction of sp³-hybridized carbons (Fsp3) is 0. The van der Waals surface area contributed by atoms with Crippen molar-refractivity contribution in [3.8, 4) is 5.75 Å². The molecule has 0 aliphatic carbocycles.